The van der Waals surface area contributed by atoms with Crippen molar-refractivity contribution < 1.29 is 13.2 Å². The molecule has 0 N–H and O–H groups in total. The molecule has 1 fully saturated rings. The maximum Gasteiger partial charge on any atom is 0.243 e. The Morgan fingerprint density at radius 3 is 2.53 bits per heavy atom. The summed E-state index contributed by atoms with van der Waals surface area (Å²) < 4.78 is 31.1. The van der Waals surface area contributed by atoms with E-state index in [-0.39, 0.29) is 11.0 Å². The van der Waals surface area contributed by atoms with Gasteiger partial charge in [-0.2, -0.15) is 4.31 Å². The van der Waals surface area contributed by atoms with Crippen LogP contribution in [0.5, 0.6) is 0 Å². The molecule has 1 aliphatic rings. The van der Waals surface area contributed by atoms with Crippen molar-refractivity contribution in [2.24, 2.45) is 0 Å². The second kappa shape index (κ2) is 4.94. The van der Waals surface area contributed by atoms with Crippen molar-refractivity contribution in [2.75, 3.05) is 20.2 Å². The highest BCUT2D eigenvalue weighted by molar-refractivity contribution is 7.89. The summed E-state index contributed by atoms with van der Waals surface area (Å²) in [5.74, 6) is 0. The van der Waals surface area contributed by atoms with Gasteiger partial charge in [-0.15, -0.1) is 0 Å². The van der Waals surface area contributed by atoms with E-state index in [4.69, 9.17) is 16.3 Å². The summed E-state index contributed by atoms with van der Waals surface area (Å²) in [6, 6.07) is 6.21. The first-order valence-electron chi connectivity index (χ1n) is 5.32. The van der Waals surface area contributed by atoms with Crippen molar-refractivity contribution in [2.45, 2.75) is 17.4 Å². The number of sulfonamides is 1. The molecule has 17 heavy (non-hydrogen) atoms. The molecule has 0 aromatic heterocycles. The molecular formula is C11H14ClNO3S. The number of ether oxygens (including phenoxy) is 1. The van der Waals surface area contributed by atoms with Crippen molar-refractivity contribution in [3.8, 4) is 0 Å². The number of hydrogen-bond donors (Lipinski definition) is 0. The summed E-state index contributed by atoms with van der Waals surface area (Å²) in [6.45, 7) is 0.922. The highest BCUT2D eigenvalue weighted by Gasteiger charge is 2.32. The fraction of sp³-hybridized carbons (Fsp3) is 0.455. The summed E-state index contributed by atoms with van der Waals surface area (Å²) in [4.78, 5) is 0.277. The Balaban J connectivity index is 2.22. The molecule has 1 atom stereocenters. The summed E-state index contributed by atoms with van der Waals surface area (Å²) in [5, 5.41) is 0.528. The summed E-state index contributed by atoms with van der Waals surface area (Å²) in [6.07, 6.45) is 0.737. The third kappa shape index (κ3) is 2.63. The van der Waals surface area contributed by atoms with Crippen LogP contribution in [0.4, 0.5) is 0 Å². The number of nitrogens with zero attached hydrogens (tertiary/aromatic N) is 1. The van der Waals surface area contributed by atoms with Crippen LogP contribution in [-0.4, -0.2) is 39.0 Å². The predicted molar refractivity (Wildman–Crippen MR) is 65.6 cm³/mol. The second-order valence-electron chi connectivity index (χ2n) is 3.96. The van der Waals surface area contributed by atoms with Crippen LogP contribution in [0.3, 0.4) is 0 Å². The van der Waals surface area contributed by atoms with Crippen molar-refractivity contribution in [1.82, 2.24) is 4.31 Å². The molecule has 0 bridgehead atoms. The second-order valence-corrected chi connectivity index (χ2v) is 6.34. The molecule has 4 nitrogen and oxygen atoms in total. The Bertz CT molecular complexity index is 486. The number of halogens is 1. The summed E-state index contributed by atoms with van der Waals surface area (Å²) in [5.41, 5.74) is 0. The summed E-state index contributed by atoms with van der Waals surface area (Å²) in [7, 11) is -1.80. The number of hydrogen-bond acceptors (Lipinski definition) is 3. The lowest BCUT2D eigenvalue weighted by Gasteiger charge is -2.16. The van der Waals surface area contributed by atoms with Crippen LogP contribution in [0.15, 0.2) is 29.2 Å². The van der Waals surface area contributed by atoms with Gasteiger partial charge < -0.3 is 4.74 Å². The van der Waals surface area contributed by atoms with Gasteiger partial charge in [0.2, 0.25) is 10.0 Å². The van der Waals surface area contributed by atoms with Gasteiger partial charge >= 0.3 is 0 Å². The predicted octanol–water partition coefficient (Wildman–Crippen LogP) is 1.75. The van der Waals surface area contributed by atoms with Crippen molar-refractivity contribution in [1.29, 1.82) is 0 Å². The molecule has 0 spiro atoms. The Kier molecular flexibility index (Phi) is 3.73. The van der Waals surface area contributed by atoms with Gasteiger partial charge in [0.05, 0.1) is 11.0 Å². The van der Waals surface area contributed by atoms with Gasteiger partial charge in [-0.1, -0.05) is 11.6 Å². The van der Waals surface area contributed by atoms with Crippen LogP contribution < -0.4 is 0 Å². The Morgan fingerprint density at radius 2 is 2.00 bits per heavy atom. The molecule has 94 valence electrons. The van der Waals surface area contributed by atoms with E-state index in [9.17, 15) is 8.42 Å². The van der Waals surface area contributed by atoms with Gasteiger partial charge in [-0.3, -0.25) is 0 Å². The largest absolute Gasteiger partial charge is 0.380 e. The van der Waals surface area contributed by atoms with Crippen molar-refractivity contribution in [3.63, 3.8) is 0 Å². The first-order valence-corrected chi connectivity index (χ1v) is 7.14. The van der Waals surface area contributed by atoms with Gasteiger partial charge in [0.1, 0.15) is 0 Å². The van der Waals surface area contributed by atoms with Crippen LogP contribution in [0.25, 0.3) is 0 Å². The Labute approximate surface area is 106 Å². The number of benzene rings is 1. The van der Waals surface area contributed by atoms with Gasteiger partial charge in [0, 0.05) is 25.2 Å². The third-order valence-electron chi connectivity index (χ3n) is 2.89. The van der Waals surface area contributed by atoms with Gasteiger partial charge in [0.15, 0.2) is 0 Å². The zero-order chi connectivity index (χ0) is 12.5. The van der Waals surface area contributed by atoms with E-state index < -0.39 is 10.0 Å². The van der Waals surface area contributed by atoms with Crippen molar-refractivity contribution >= 4 is 21.6 Å². The SMILES string of the molecule is COC1CCN(S(=O)(=O)c2ccc(Cl)cc2)C1. The van der Waals surface area contributed by atoms with E-state index in [1.54, 1.807) is 19.2 Å². The van der Waals surface area contributed by atoms with Gasteiger partial charge in [-0.25, -0.2) is 8.42 Å². The van der Waals surface area contributed by atoms with Gasteiger partial charge in [0.25, 0.3) is 0 Å². The van der Waals surface area contributed by atoms with E-state index >= 15 is 0 Å². The van der Waals surface area contributed by atoms with Crippen LogP contribution >= 0.6 is 11.6 Å². The number of rotatable bonds is 3. The molecule has 0 radical (unpaired) electrons. The molecule has 6 heteroatoms. The quantitative estimate of drug-likeness (QED) is 0.844. The molecule has 1 aliphatic heterocycles. The Morgan fingerprint density at radius 1 is 1.35 bits per heavy atom. The molecular weight excluding hydrogens is 262 g/mol. The average molecular weight is 276 g/mol. The van der Waals surface area contributed by atoms with Crippen LogP contribution in [0.1, 0.15) is 6.42 Å². The standard InChI is InChI=1S/C11H14ClNO3S/c1-16-10-6-7-13(8-10)17(14,15)11-4-2-9(12)3-5-11/h2-5,10H,6-8H2,1H3. The number of methoxy groups -OCH3 is 1. The first-order chi connectivity index (χ1) is 8.04. The molecule has 1 heterocycles. The molecule has 0 aliphatic carbocycles. The molecule has 0 amide bonds. The van der Waals surface area contributed by atoms with Crippen LogP contribution in [0.2, 0.25) is 5.02 Å². The van der Waals surface area contributed by atoms with E-state index in [0.29, 0.717) is 18.1 Å². The average Bonchev–Trinajstić information content (AvgIpc) is 2.78. The maximum atomic E-state index is 12.2. The van der Waals surface area contributed by atoms with E-state index in [2.05, 4.69) is 0 Å². The normalized spacial score (nSPS) is 21.9. The zero-order valence-corrected chi connectivity index (χ0v) is 11.0. The lowest BCUT2D eigenvalue weighted by atomic mass is 10.3. The lowest BCUT2D eigenvalue weighted by molar-refractivity contribution is 0.115. The minimum atomic E-state index is -3.40. The van der Waals surface area contributed by atoms with E-state index in [1.165, 1.54) is 16.4 Å². The monoisotopic (exact) mass is 275 g/mol. The topological polar surface area (TPSA) is 46.6 Å². The van der Waals surface area contributed by atoms with E-state index in [1.807, 2.05) is 0 Å². The molecule has 2 rings (SSSR count). The molecule has 1 aromatic carbocycles. The molecule has 1 saturated heterocycles. The molecule has 0 saturated carbocycles. The lowest BCUT2D eigenvalue weighted by Crippen LogP contribution is -2.30. The van der Waals surface area contributed by atoms with Crippen molar-refractivity contribution in [3.05, 3.63) is 29.3 Å². The smallest absolute Gasteiger partial charge is 0.243 e. The third-order valence-corrected chi connectivity index (χ3v) is 5.02. The highest BCUT2D eigenvalue weighted by Crippen LogP contribution is 2.23. The zero-order valence-electron chi connectivity index (χ0n) is 9.47. The van der Waals surface area contributed by atoms with Crippen LogP contribution in [-0.2, 0) is 14.8 Å². The summed E-state index contributed by atoms with van der Waals surface area (Å²) >= 11 is 5.74. The first kappa shape index (κ1) is 12.8. The molecule has 1 aromatic rings. The fourth-order valence-electron chi connectivity index (χ4n) is 1.86. The highest BCUT2D eigenvalue weighted by atomic mass is 35.5. The fourth-order valence-corrected chi connectivity index (χ4v) is 3.48. The van der Waals surface area contributed by atoms with Crippen LogP contribution in [0, 0.1) is 0 Å². The maximum absolute atomic E-state index is 12.2. The minimum absolute atomic E-state index is 0.00271. The van der Waals surface area contributed by atoms with Gasteiger partial charge in [-0.05, 0) is 30.7 Å². The Hall–Kier alpha value is -0.620. The van der Waals surface area contributed by atoms with E-state index in [0.717, 1.165) is 6.42 Å². The molecule has 1 unspecified atom stereocenters. The minimum Gasteiger partial charge on any atom is -0.380 e.